The molecule has 1 aromatic heterocycles. The van der Waals surface area contributed by atoms with Crippen LogP contribution >= 0.6 is 11.3 Å². The van der Waals surface area contributed by atoms with Crippen molar-refractivity contribution in [2.45, 2.75) is 72.2 Å². The van der Waals surface area contributed by atoms with E-state index in [0.717, 1.165) is 22.7 Å². The fraction of sp³-hybridized carbons (Fsp3) is 0.632. The molecule has 1 N–H and O–H groups in total. The summed E-state index contributed by atoms with van der Waals surface area (Å²) in [6.07, 6.45) is 5.02. The Kier molecular flexibility index (Phi) is 7.60. The number of aryl methyl sites for hydroxylation is 1. The number of aromatic nitrogens is 1. The molecular formula is C19H33NO2SSi. The van der Waals surface area contributed by atoms with Gasteiger partial charge in [-0.3, -0.25) is 0 Å². The molecular weight excluding hydrogens is 334 g/mol. The third-order valence-electron chi connectivity index (χ3n) is 4.69. The lowest BCUT2D eigenvalue weighted by Gasteiger charge is -2.39. The van der Waals surface area contributed by atoms with Crippen molar-refractivity contribution in [3.63, 3.8) is 0 Å². The number of thiazole rings is 1. The third kappa shape index (κ3) is 6.28. The highest BCUT2D eigenvalue weighted by Crippen LogP contribution is 2.38. The van der Waals surface area contributed by atoms with Crippen molar-refractivity contribution in [2.24, 2.45) is 0 Å². The van der Waals surface area contributed by atoms with Crippen LogP contribution in [-0.2, 0) is 4.43 Å². The first-order valence-electron chi connectivity index (χ1n) is 8.51. The zero-order valence-corrected chi connectivity index (χ0v) is 18.3. The van der Waals surface area contributed by atoms with Crippen LogP contribution in [0.5, 0.6) is 0 Å². The average molecular weight is 368 g/mol. The van der Waals surface area contributed by atoms with Gasteiger partial charge in [0.05, 0.1) is 23.4 Å². The third-order valence-corrected chi connectivity index (χ3v) is 9.97. The van der Waals surface area contributed by atoms with Gasteiger partial charge in [-0.25, -0.2) is 4.98 Å². The van der Waals surface area contributed by atoms with Crippen LogP contribution in [0, 0.1) is 6.92 Å². The lowest BCUT2D eigenvalue weighted by molar-refractivity contribution is 0.217. The summed E-state index contributed by atoms with van der Waals surface area (Å²) in [5.74, 6) is 0. The molecule has 0 bridgehead atoms. The average Bonchev–Trinajstić information content (AvgIpc) is 2.86. The van der Waals surface area contributed by atoms with Crippen LogP contribution in [0.1, 0.15) is 51.7 Å². The Bertz CT molecular complexity index is 597. The van der Waals surface area contributed by atoms with Crippen LogP contribution in [0.4, 0.5) is 0 Å². The minimum atomic E-state index is -1.88. The van der Waals surface area contributed by atoms with Crippen LogP contribution in [0.3, 0.4) is 0 Å². The Morgan fingerprint density at radius 3 is 2.46 bits per heavy atom. The first-order valence-corrected chi connectivity index (χ1v) is 12.3. The van der Waals surface area contributed by atoms with E-state index in [4.69, 9.17) is 4.43 Å². The molecule has 0 fully saturated rings. The van der Waals surface area contributed by atoms with Gasteiger partial charge in [0.2, 0.25) is 0 Å². The van der Waals surface area contributed by atoms with Gasteiger partial charge in [0.15, 0.2) is 8.32 Å². The molecule has 1 atom stereocenters. The van der Waals surface area contributed by atoms with Crippen LogP contribution in [0.2, 0.25) is 18.1 Å². The monoisotopic (exact) mass is 367 g/mol. The first kappa shape index (κ1) is 21.3. The molecule has 5 heteroatoms. The van der Waals surface area contributed by atoms with E-state index in [1.165, 1.54) is 5.57 Å². The summed E-state index contributed by atoms with van der Waals surface area (Å²) in [7, 11) is -1.88. The highest BCUT2D eigenvalue weighted by atomic mass is 32.1. The SMILES string of the molecule is C/C(=C\CC(O[Si](C)(C)C(C)(C)C)/C(C)=C/c1csc(C)n1)CO. The molecule has 0 spiro atoms. The van der Waals surface area contributed by atoms with Gasteiger partial charge in [-0.05, 0) is 57.0 Å². The van der Waals surface area contributed by atoms with Crippen LogP contribution in [0.15, 0.2) is 22.6 Å². The number of aliphatic hydroxyl groups is 1. The molecule has 1 unspecified atom stereocenters. The number of hydrogen-bond acceptors (Lipinski definition) is 4. The van der Waals surface area contributed by atoms with Gasteiger partial charge in [0, 0.05) is 5.38 Å². The molecule has 0 aliphatic heterocycles. The minimum Gasteiger partial charge on any atom is -0.410 e. The second-order valence-corrected chi connectivity index (χ2v) is 13.8. The fourth-order valence-corrected chi connectivity index (χ4v) is 3.92. The number of rotatable bonds is 7. The molecule has 1 aromatic rings. The van der Waals surface area contributed by atoms with Gasteiger partial charge in [-0.2, -0.15) is 0 Å². The smallest absolute Gasteiger partial charge is 0.192 e. The van der Waals surface area contributed by atoms with Crippen LogP contribution in [-0.4, -0.2) is 31.1 Å². The summed E-state index contributed by atoms with van der Waals surface area (Å²) >= 11 is 1.66. The maximum absolute atomic E-state index is 9.26. The van der Waals surface area contributed by atoms with Crippen molar-refractivity contribution in [1.82, 2.24) is 4.98 Å². The minimum absolute atomic E-state index is 0.0226. The van der Waals surface area contributed by atoms with E-state index in [2.05, 4.69) is 63.3 Å². The fourth-order valence-electron chi connectivity index (χ4n) is 2.00. The van der Waals surface area contributed by atoms with E-state index >= 15 is 0 Å². The molecule has 1 rings (SSSR count). The zero-order chi connectivity index (χ0) is 18.5. The molecule has 1 heterocycles. The lowest BCUT2D eigenvalue weighted by Crippen LogP contribution is -2.44. The molecule has 0 aliphatic carbocycles. The van der Waals surface area contributed by atoms with E-state index < -0.39 is 8.32 Å². The van der Waals surface area contributed by atoms with E-state index in [9.17, 15) is 5.11 Å². The summed E-state index contributed by atoms with van der Waals surface area (Å²) in [6, 6.07) is 0. The molecule has 0 aromatic carbocycles. The zero-order valence-electron chi connectivity index (χ0n) is 16.4. The molecule has 0 aliphatic rings. The molecule has 136 valence electrons. The quantitative estimate of drug-likeness (QED) is 0.506. The van der Waals surface area contributed by atoms with Crippen molar-refractivity contribution in [3.8, 4) is 0 Å². The normalized spacial score (nSPS) is 15.7. The highest BCUT2D eigenvalue weighted by Gasteiger charge is 2.39. The predicted molar refractivity (Wildman–Crippen MR) is 108 cm³/mol. The number of nitrogens with zero attached hydrogens (tertiary/aromatic N) is 1. The van der Waals surface area contributed by atoms with E-state index in [1.54, 1.807) is 11.3 Å². The van der Waals surface area contributed by atoms with Crippen molar-refractivity contribution < 1.29 is 9.53 Å². The summed E-state index contributed by atoms with van der Waals surface area (Å²) < 4.78 is 6.66. The maximum Gasteiger partial charge on any atom is 0.192 e. The van der Waals surface area contributed by atoms with E-state index in [-0.39, 0.29) is 17.7 Å². The standard InChI is InChI=1S/C19H33NO2SSi/c1-14(12-21)9-10-18(22-24(7,8)19(4,5)6)15(2)11-17-13-23-16(3)20-17/h9,11,13,18,21H,10,12H2,1-8H3/b14-9+,15-11+. The Labute approximate surface area is 152 Å². The Morgan fingerprint density at radius 1 is 1.38 bits per heavy atom. The topological polar surface area (TPSA) is 42.4 Å². The molecule has 0 saturated carbocycles. The lowest BCUT2D eigenvalue weighted by atomic mass is 10.1. The van der Waals surface area contributed by atoms with E-state index in [0.29, 0.717) is 0 Å². The first-order chi connectivity index (χ1) is 11.0. The Hall–Kier alpha value is -0.753. The predicted octanol–water partition coefficient (Wildman–Crippen LogP) is 5.57. The molecule has 0 amide bonds. The Balaban J connectivity index is 3.06. The Morgan fingerprint density at radius 2 is 2.00 bits per heavy atom. The molecule has 0 radical (unpaired) electrons. The van der Waals surface area contributed by atoms with Gasteiger partial charge in [-0.1, -0.05) is 32.4 Å². The molecule has 0 saturated heterocycles. The largest absolute Gasteiger partial charge is 0.410 e. The summed E-state index contributed by atoms with van der Waals surface area (Å²) in [6.45, 7) is 17.5. The van der Waals surface area contributed by atoms with Gasteiger partial charge < -0.3 is 9.53 Å². The number of aliphatic hydroxyl groups excluding tert-OH is 1. The van der Waals surface area contributed by atoms with E-state index in [1.807, 2.05) is 13.8 Å². The summed E-state index contributed by atoms with van der Waals surface area (Å²) in [5, 5.41) is 12.6. The summed E-state index contributed by atoms with van der Waals surface area (Å²) in [5.41, 5.74) is 3.17. The highest BCUT2D eigenvalue weighted by molar-refractivity contribution is 7.09. The van der Waals surface area contributed by atoms with Gasteiger partial charge in [-0.15, -0.1) is 11.3 Å². The second-order valence-electron chi connectivity index (χ2n) is 7.99. The summed E-state index contributed by atoms with van der Waals surface area (Å²) in [4.78, 5) is 4.53. The van der Waals surface area contributed by atoms with Crippen molar-refractivity contribution in [3.05, 3.63) is 33.3 Å². The van der Waals surface area contributed by atoms with Crippen LogP contribution < -0.4 is 0 Å². The second kappa shape index (κ2) is 8.56. The van der Waals surface area contributed by atoms with Gasteiger partial charge >= 0.3 is 0 Å². The van der Waals surface area contributed by atoms with Crippen molar-refractivity contribution in [1.29, 1.82) is 0 Å². The molecule has 3 nitrogen and oxygen atoms in total. The van der Waals surface area contributed by atoms with Crippen molar-refractivity contribution in [2.75, 3.05) is 6.61 Å². The molecule has 24 heavy (non-hydrogen) atoms. The number of hydrogen-bond donors (Lipinski definition) is 1. The van der Waals surface area contributed by atoms with Gasteiger partial charge in [0.25, 0.3) is 0 Å². The van der Waals surface area contributed by atoms with Crippen LogP contribution in [0.25, 0.3) is 6.08 Å². The van der Waals surface area contributed by atoms with Gasteiger partial charge in [0.1, 0.15) is 0 Å². The maximum atomic E-state index is 9.26. The van der Waals surface area contributed by atoms with Crippen molar-refractivity contribution >= 4 is 25.7 Å².